The van der Waals surface area contributed by atoms with Gasteiger partial charge in [0, 0.05) is 22.5 Å². The number of para-hydroxylation sites is 1. The van der Waals surface area contributed by atoms with E-state index in [-0.39, 0.29) is 5.41 Å². The van der Waals surface area contributed by atoms with E-state index in [4.69, 9.17) is 0 Å². The zero-order valence-corrected chi connectivity index (χ0v) is 30.5. The van der Waals surface area contributed by atoms with Crippen molar-refractivity contribution in [2.75, 3.05) is 4.90 Å². The zero-order valence-electron chi connectivity index (χ0n) is 30.5. The fourth-order valence-corrected chi connectivity index (χ4v) is 8.83. The number of nitrogens with zero attached hydrogens (tertiary/aromatic N) is 1. The summed E-state index contributed by atoms with van der Waals surface area (Å²) in [7, 11) is 0. The van der Waals surface area contributed by atoms with Crippen molar-refractivity contribution in [2.45, 2.75) is 19.3 Å². The molecule has 0 N–H and O–H groups in total. The number of hydrogen-bond acceptors (Lipinski definition) is 1. The minimum absolute atomic E-state index is 0.196. The van der Waals surface area contributed by atoms with Crippen LogP contribution in [0.3, 0.4) is 0 Å². The molecular formula is C53H39N. The van der Waals surface area contributed by atoms with Gasteiger partial charge >= 0.3 is 0 Å². The van der Waals surface area contributed by atoms with E-state index in [0.29, 0.717) is 0 Å². The van der Waals surface area contributed by atoms with Gasteiger partial charge in [-0.05, 0) is 120 Å². The summed E-state index contributed by atoms with van der Waals surface area (Å²) in [6.07, 6.45) is 0. The molecule has 0 aliphatic heterocycles. The summed E-state index contributed by atoms with van der Waals surface area (Å²) in [4.78, 5) is 2.34. The highest BCUT2D eigenvalue weighted by Crippen LogP contribution is 2.54. The van der Waals surface area contributed by atoms with Crippen LogP contribution >= 0.6 is 0 Å². The molecule has 0 saturated carbocycles. The minimum Gasteiger partial charge on any atom is -0.311 e. The molecule has 0 amide bonds. The molecule has 0 heterocycles. The summed E-state index contributed by atoms with van der Waals surface area (Å²) in [5.41, 5.74) is 16.0. The summed E-state index contributed by atoms with van der Waals surface area (Å²) in [6.45, 7) is 4.81. The van der Waals surface area contributed by atoms with Crippen molar-refractivity contribution in [3.63, 3.8) is 0 Å². The monoisotopic (exact) mass is 689 g/mol. The lowest BCUT2D eigenvalue weighted by Crippen LogP contribution is -2.25. The lowest BCUT2D eigenvalue weighted by atomic mass is 9.65. The van der Waals surface area contributed by atoms with Gasteiger partial charge in [-0.15, -0.1) is 0 Å². The van der Waals surface area contributed by atoms with Crippen LogP contribution in [0.2, 0.25) is 0 Å². The Bertz CT molecular complexity index is 2810. The summed E-state index contributed by atoms with van der Waals surface area (Å²) < 4.78 is 0. The predicted molar refractivity (Wildman–Crippen MR) is 230 cm³/mol. The first kappa shape index (κ1) is 32.0. The van der Waals surface area contributed by atoms with Crippen LogP contribution in [0.1, 0.15) is 25.0 Å². The van der Waals surface area contributed by atoms with Gasteiger partial charge in [-0.1, -0.05) is 172 Å². The van der Waals surface area contributed by atoms with Gasteiger partial charge in [0.25, 0.3) is 0 Å². The Morgan fingerprint density at radius 3 is 1.63 bits per heavy atom. The second-order valence-corrected chi connectivity index (χ2v) is 14.9. The van der Waals surface area contributed by atoms with E-state index in [0.717, 1.165) is 17.1 Å². The molecule has 0 radical (unpaired) electrons. The maximum absolute atomic E-state index is 2.40. The van der Waals surface area contributed by atoms with Gasteiger partial charge in [-0.3, -0.25) is 0 Å². The minimum atomic E-state index is -0.196. The van der Waals surface area contributed by atoms with E-state index in [1.54, 1.807) is 0 Å². The zero-order chi connectivity index (χ0) is 36.2. The van der Waals surface area contributed by atoms with Crippen LogP contribution in [-0.4, -0.2) is 0 Å². The van der Waals surface area contributed by atoms with Gasteiger partial charge in [0.05, 0.1) is 0 Å². The lowest BCUT2D eigenvalue weighted by Gasteiger charge is -2.38. The highest BCUT2D eigenvalue weighted by Gasteiger charge is 2.36. The molecule has 0 spiro atoms. The largest absolute Gasteiger partial charge is 0.311 e. The topological polar surface area (TPSA) is 3.24 Å². The quantitative estimate of drug-likeness (QED) is 0.168. The molecule has 0 aromatic heterocycles. The molecule has 1 aliphatic rings. The Labute approximate surface area is 317 Å². The Morgan fingerprint density at radius 2 is 0.889 bits per heavy atom. The third-order valence-electron chi connectivity index (χ3n) is 11.4. The molecule has 54 heavy (non-hydrogen) atoms. The highest BCUT2D eigenvalue weighted by molar-refractivity contribution is 6.10. The fourth-order valence-electron chi connectivity index (χ4n) is 8.83. The average Bonchev–Trinajstić information content (AvgIpc) is 3.23. The number of rotatable bonds is 6. The summed E-state index contributed by atoms with van der Waals surface area (Å²) in [5, 5.41) is 5.17. The molecule has 10 rings (SSSR count). The maximum Gasteiger partial charge on any atom is 0.0462 e. The molecule has 0 atom stereocenters. The van der Waals surface area contributed by atoms with Gasteiger partial charge in [0.2, 0.25) is 0 Å². The van der Waals surface area contributed by atoms with Crippen LogP contribution in [0.25, 0.3) is 66.1 Å². The Kier molecular flexibility index (Phi) is 7.56. The molecule has 0 unspecified atom stereocenters. The molecule has 1 nitrogen and oxygen atoms in total. The van der Waals surface area contributed by atoms with Crippen LogP contribution in [-0.2, 0) is 5.41 Å². The van der Waals surface area contributed by atoms with Crippen molar-refractivity contribution >= 4 is 38.6 Å². The van der Waals surface area contributed by atoms with E-state index in [9.17, 15) is 0 Å². The highest BCUT2D eigenvalue weighted by atomic mass is 15.1. The number of anilines is 3. The average molecular weight is 690 g/mol. The summed E-state index contributed by atoms with van der Waals surface area (Å²) >= 11 is 0. The summed E-state index contributed by atoms with van der Waals surface area (Å²) in [5.74, 6) is 0. The standard InChI is InChI=1S/C53H39N/c1-53(2)49-22-11-17-40-29-34-46(51(50(40)49)48-21-12-20-47(52(48)53)42-24-23-37-15-9-10-16-41(37)35-42)39-27-32-45(33-28-39)54(43-18-7-4-8-19-43)44-30-25-38(26-31-44)36-13-5-3-6-14-36/h3-35H,1-2H3. The molecule has 0 fully saturated rings. The van der Waals surface area contributed by atoms with Crippen LogP contribution in [0.15, 0.2) is 200 Å². The van der Waals surface area contributed by atoms with Crippen molar-refractivity contribution in [1.82, 2.24) is 0 Å². The smallest absolute Gasteiger partial charge is 0.0462 e. The lowest BCUT2D eigenvalue weighted by molar-refractivity contribution is 0.647. The van der Waals surface area contributed by atoms with Gasteiger partial charge < -0.3 is 4.90 Å². The first-order valence-electron chi connectivity index (χ1n) is 18.8. The van der Waals surface area contributed by atoms with Crippen molar-refractivity contribution < 1.29 is 0 Å². The molecule has 256 valence electrons. The Morgan fingerprint density at radius 1 is 0.352 bits per heavy atom. The molecular weight excluding hydrogens is 651 g/mol. The maximum atomic E-state index is 2.40. The number of benzene rings is 9. The van der Waals surface area contributed by atoms with Crippen molar-refractivity contribution in [2.24, 2.45) is 0 Å². The predicted octanol–water partition coefficient (Wildman–Crippen LogP) is 14.8. The summed E-state index contributed by atoms with van der Waals surface area (Å²) in [6, 6.07) is 73.2. The number of fused-ring (bicyclic) bond motifs is 3. The Hall–Kier alpha value is -6.70. The third-order valence-corrected chi connectivity index (χ3v) is 11.4. The van der Waals surface area contributed by atoms with Gasteiger partial charge in [0.1, 0.15) is 0 Å². The van der Waals surface area contributed by atoms with Gasteiger partial charge in [-0.25, -0.2) is 0 Å². The normalized spacial score (nSPS) is 12.8. The molecule has 1 heteroatoms. The fraction of sp³-hybridized carbons (Fsp3) is 0.0566. The van der Waals surface area contributed by atoms with Crippen molar-refractivity contribution in [3.05, 3.63) is 211 Å². The van der Waals surface area contributed by atoms with E-state index >= 15 is 0 Å². The van der Waals surface area contributed by atoms with Crippen molar-refractivity contribution in [1.29, 1.82) is 0 Å². The van der Waals surface area contributed by atoms with E-state index in [2.05, 4.69) is 219 Å². The van der Waals surface area contributed by atoms with Crippen LogP contribution in [0.5, 0.6) is 0 Å². The third kappa shape index (κ3) is 5.24. The van der Waals surface area contributed by atoms with Gasteiger partial charge in [0.15, 0.2) is 0 Å². The van der Waals surface area contributed by atoms with E-state index < -0.39 is 0 Å². The second kappa shape index (κ2) is 12.8. The van der Waals surface area contributed by atoms with E-state index in [1.165, 1.54) is 77.2 Å². The molecule has 9 aromatic carbocycles. The van der Waals surface area contributed by atoms with Crippen LogP contribution in [0, 0.1) is 0 Å². The van der Waals surface area contributed by atoms with Gasteiger partial charge in [-0.2, -0.15) is 0 Å². The first-order valence-corrected chi connectivity index (χ1v) is 18.8. The first-order chi connectivity index (χ1) is 26.5. The number of hydrogen-bond donors (Lipinski definition) is 0. The second-order valence-electron chi connectivity index (χ2n) is 14.9. The molecule has 1 aliphatic carbocycles. The van der Waals surface area contributed by atoms with Crippen LogP contribution < -0.4 is 4.90 Å². The Balaban J connectivity index is 1.11. The van der Waals surface area contributed by atoms with Crippen LogP contribution in [0.4, 0.5) is 17.1 Å². The molecule has 0 bridgehead atoms. The molecule has 9 aromatic rings. The van der Waals surface area contributed by atoms with E-state index in [1.807, 2.05) is 0 Å². The molecule has 0 saturated heterocycles. The van der Waals surface area contributed by atoms with Crippen molar-refractivity contribution in [3.8, 4) is 44.5 Å². The SMILES string of the molecule is CC1(C)c2c(-c3ccc4ccccc4c3)cccc2-c2c(-c3ccc(N(c4ccccc4)c4ccc(-c5ccccc5)cc4)cc3)ccc3cccc1c23.